The van der Waals surface area contributed by atoms with Crippen molar-refractivity contribution < 1.29 is 9.53 Å². The first-order valence-corrected chi connectivity index (χ1v) is 6.63. The monoisotopic (exact) mass is 248 g/mol. The molecule has 0 saturated heterocycles. The van der Waals surface area contributed by atoms with Crippen LogP contribution in [0.25, 0.3) is 0 Å². The molecule has 1 aliphatic carbocycles. The van der Waals surface area contributed by atoms with Crippen molar-refractivity contribution >= 4 is 5.97 Å². The molecule has 2 heteroatoms. The molecule has 0 amide bonds. The maximum atomic E-state index is 11.2. The zero-order chi connectivity index (χ0) is 13.5. The zero-order valence-corrected chi connectivity index (χ0v) is 11.9. The zero-order valence-electron chi connectivity index (χ0n) is 11.9. The van der Waals surface area contributed by atoms with E-state index in [0.29, 0.717) is 11.5 Å². The van der Waals surface area contributed by atoms with Crippen molar-refractivity contribution in [2.24, 2.45) is 11.8 Å². The molecule has 0 N–H and O–H groups in total. The number of esters is 1. The molecule has 18 heavy (non-hydrogen) atoms. The highest BCUT2D eigenvalue weighted by Gasteiger charge is 2.16. The van der Waals surface area contributed by atoms with E-state index in [0.717, 1.165) is 5.92 Å². The molecular formula is C16H24O2. The number of carbonyl (C=O) groups excluding carboxylic acids is 1. The molecule has 0 saturated carbocycles. The fraction of sp³-hybridized carbons (Fsp3) is 0.562. The minimum absolute atomic E-state index is 0.261. The maximum absolute atomic E-state index is 11.2. The molecule has 0 radical (unpaired) electrons. The molecule has 0 spiro atoms. The van der Waals surface area contributed by atoms with E-state index in [2.05, 4.69) is 30.7 Å². The summed E-state index contributed by atoms with van der Waals surface area (Å²) >= 11 is 0. The summed E-state index contributed by atoms with van der Waals surface area (Å²) in [6, 6.07) is 0. The van der Waals surface area contributed by atoms with E-state index in [1.807, 2.05) is 12.2 Å². The van der Waals surface area contributed by atoms with Gasteiger partial charge in [-0.2, -0.15) is 0 Å². The quantitative estimate of drug-likeness (QED) is 0.325. The second kappa shape index (κ2) is 7.20. The van der Waals surface area contributed by atoms with Crippen molar-refractivity contribution in [2.75, 3.05) is 7.11 Å². The van der Waals surface area contributed by atoms with Crippen LogP contribution in [0.2, 0.25) is 0 Å². The Bertz CT molecular complexity index is 375. The predicted octanol–water partition coefficient (Wildman–Crippen LogP) is 4.04. The number of ether oxygens (including phenoxy) is 1. The molecule has 1 aliphatic rings. The Morgan fingerprint density at radius 3 is 2.83 bits per heavy atom. The van der Waals surface area contributed by atoms with Crippen LogP contribution in [0.4, 0.5) is 0 Å². The number of rotatable bonds is 4. The van der Waals surface area contributed by atoms with Gasteiger partial charge in [-0.25, -0.2) is 4.79 Å². The number of allylic oxidation sites excluding steroid dienone is 5. The van der Waals surface area contributed by atoms with E-state index in [9.17, 15) is 4.79 Å². The molecular weight excluding hydrogens is 224 g/mol. The van der Waals surface area contributed by atoms with Gasteiger partial charge in [0, 0.05) is 5.57 Å². The first kappa shape index (κ1) is 14.7. The highest BCUT2D eigenvalue weighted by Crippen LogP contribution is 2.29. The molecule has 0 heterocycles. The van der Waals surface area contributed by atoms with Crippen LogP contribution >= 0.6 is 0 Å². The van der Waals surface area contributed by atoms with Crippen LogP contribution in [0.1, 0.15) is 40.0 Å². The van der Waals surface area contributed by atoms with Gasteiger partial charge in [-0.3, -0.25) is 0 Å². The van der Waals surface area contributed by atoms with Gasteiger partial charge in [0.2, 0.25) is 0 Å². The van der Waals surface area contributed by atoms with E-state index in [1.165, 1.54) is 31.9 Å². The van der Waals surface area contributed by atoms with E-state index < -0.39 is 0 Å². The molecule has 0 fully saturated rings. The van der Waals surface area contributed by atoms with Crippen molar-refractivity contribution in [3.63, 3.8) is 0 Å². The third-order valence-corrected chi connectivity index (χ3v) is 3.69. The van der Waals surface area contributed by atoms with Crippen molar-refractivity contribution in [2.45, 2.75) is 40.0 Å². The molecule has 0 aromatic rings. The third-order valence-electron chi connectivity index (χ3n) is 3.69. The van der Waals surface area contributed by atoms with Crippen LogP contribution in [0.3, 0.4) is 0 Å². The third kappa shape index (κ3) is 4.52. The fourth-order valence-corrected chi connectivity index (χ4v) is 2.22. The Hall–Kier alpha value is -1.31. The lowest BCUT2D eigenvalue weighted by Gasteiger charge is -2.24. The average Bonchev–Trinajstić information content (AvgIpc) is 2.38. The minimum atomic E-state index is -0.261. The van der Waals surface area contributed by atoms with Crippen LogP contribution in [0, 0.1) is 11.8 Å². The van der Waals surface area contributed by atoms with Crippen molar-refractivity contribution in [3.05, 3.63) is 35.5 Å². The lowest BCUT2D eigenvalue weighted by molar-refractivity contribution is -0.136. The van der Waals surface area contributed by atoms with E-state index in [1.54, 1.807) is 6.92 Å². The van der Waals surface area contributed by atoms with Gasteiger partial charge < -0.3 is 4.74 Å². The summed E-state index contributed by atoms with van der Waals surface area (Å²) in [4.78, 5) is 11.2. The molecule has 0 aromatic heterocycles. The lowest BCUT2D eigenvalue weighted by Crippen LogP contribution is -2.12. The predicted molar refractivity (Wildman–Crippen MR) is 75.2 cm³/mol. The summed E-state index contributed by atoms with van der Waals surface area (Å²) in [6.45, 7) is 6.23. The van der Waals surface area contributed by atoms with Gasteiger partial charge in [0.1, 0.15) is 0 Å². The average molecular weight is 248 g/mol. The fourth-order valence-electron chi connectivity index (χ4n) is 2.22. The van der Waals surface area contributed by atoms with Gasteiger partial charge in [-0.05, 0) is 44.9 Å². The van der Waals surface area contributed by atoms with Crippen molar-refractivity contribution in [1.82, 2.24) is 0 Å². The second-order valence-electron chi connectivity index (χ2n) is 5.17. The molecule has 0 aliphatic heterocycles. The Morgan fingerprint density at radius 1 is 1.56 bits per heavy atom. The summed E-state index contributed by atoms with van der Waals surface area (Å²) in [5.41, 5.74) is 2.16. The smallest absolute Gasteiger partial charge is 0.333 e. The Balaban J connectivity index is 2.49. The summed E-state index contributed by atoms with van der Waals surface area (Å²) in [7, 11) is 1.41. The van der Waals surface area contributed by atoms with Crippen molar-refractivity contribution in [1.29, 1.82) is 0 Å². The van der Waals surface area contributed by atoms with Gasteiger partial charge in [0.05, 0.1) is 7.11 Å². The number of methoxy groups -OCH3 is 1. The normalized spacial score (nSPS) is 22.8. The molecule has 0 bridgehead atoms. The van der Waals surface area contributed by atoms with Gasteiger partial charge in [0.15, 0.2) is 0 Å². The standard InChI is InChI=1S/C16H24O2/c1-12-8-10-15(11-9-12)13(2)6-5-7-14(3)16(17)18-4/h5-8,13,15H,9-11H2,1-4H3/b6-5+,14-7+. The second-order valence-corrected chi connectivity index (χ2v) is 5.17. The van der Waals surface area contributed by atoms with Crippen LogP contribution in [0.5, 0.6) is 0 Å². The Morgan fingerprint density at radius 2 is 2.28 bits per heavy atom. The van der Waals surface area contributed by atoms with Crippen molar-refractivity contribution in [3.8, 4) is 0 Å². The van der Waals surface area contributed by atoms with E-state index >= 15 is 0 Å². The largest absolute Gasteiger partial charge is 0.466 e. The number of hydrogen-bond acceptors (Lipinski definition) is 2. The molecule has 2 atom stereocenters. The van der Waals surface area contributed by atoms with E-state index in [4.69, 9.17) is 0 Å². The summed E-state index contributed by atoms with van der Waals surface area (Å²) in [6.07, 6.45) is 12.0. The highest BCUT2D eigenvalue weighted by atomic mass is 16.5. The Kier molecular flexibility index (Phi) is 5.90. The number of hydrogen-bond donors (Lipinski definition) is 0. The first-order valence-electron chi connectivity index (χ1n) is 6.63. The van der Waals surface area contributed by atoms with Gasteiger partial charge in [0.25, 0.3) is 0 Å². The van der Waals surface area contributed by atoms with Crippen LogP contribution in [0.15, 0.2) is 35.5 Å². The lowest BCUT2D eigenvalue weighted by atomic mass is 9.81. The van der Waals surface area contributed by atoms with Crippen LogP contribution in [-0.4, -0.2) is 13.1 Å². The molecule has 0 aromatic carbocycles. The molecule has 100 valence electrons. The number of carbonyl (C=O) groups is 1. The topological polar surface area (TPSA) is 26.3 Å². The van der Waals surface area contributed by atoms with Crippen LogP contribution < -0.4 is 0 Å². The Labute approximate surface area is 110 Å². The molecule has 2 unspecified atom stereocenters. The SMILES string of the molecule is COC(=O)/C(C)=C/C=C/C(C)C1CC=C(C)CC1. The molecule has 2 nitrogen and oxygen atoms in total. The van der Waals surface area contributed by atoms with Gasteiger partial charge >= 0.3 is 5.97 Å². The highest BCUT2D eigenvalue weighted by molar-refractivity contribution is 5.87. The minimum Gasteiger partial charge on any atom is -0.466 e. The molecule has 1 rings (SSSR count). The van der Waals surface area contributed by atoms with Gasteiger partial charge in [-0.1, -0.05) is 36.8 Å². The summed E-state index contributed by atoms with van der Waals surface area (Å²) in [5.74, 6) is 1.02. The van der Waals surface area contributed by atoms with E-state index in [-0.39, 0.29) is 5.97 Å². The van der Waals surface area contributed by atoms with Gasteiger partial charge in [-0.15, -0.1) is 0 Å². The summed E-state index contributed by atoms with van der Waals surface area (Å²) < 4.78 is 4.65. The first-order chi connectivity index (χ1) is 8.54. The van der Waals surface area contributed by atoms with Crippen LogP contribution in [-0.2, 0) is 9.53 Å². The maximum Gasteiger partial charge on any atom is 0.333 e. The summed E-state index contributed by atoms with van der Waals surface area (Å²) in [5, 5.41) is 0.